The van der Waals surface area contributed by atoms with Crippen LogP contribution in [0.4, 0.5) is 0 Å². The lowest BCUT2D eigenvalue weighted by Crippen LogP contribution is -2.37. The number of methoxy groups -OCH3 is 2. The Bertz CT molecular complexity index is 1080. The molecule has 31 heavy (non-hydrogen) atoms. The van der Waals surface area contributed by atoms with Crippen molar-refractivity contribution in [2.45, 2.75) is 37.1 Å². The molecule has 0 N–H and O–H groups in total. The lowest BCUT2D eigenvalue weighted by molar-refractivity contribution is -0.122. The minimum Gasteiger partial charge on any atom is -0.493 e. The number of ether oxygens (including phenoxy) is 2. The molecule has 1 aliphatic heterocycles. The highest BCUT2D eigenvalue weighted by Crippen LogP contribution is 2.43. The topological polar surface area (TPSA) is 51.9 Å². The van der Waals surface area contributed by atoms with E-state index in [1.54, 1.807) is 32.9 Å². The van der Waals surface area contributed by atoms with E-state index in [-0.39, 0.29) is 11.8 Å². The van der Waals surface area contributed by atoms with E-state index in [1.165, 1.54) is 6.42 Å². The highest BCUT2D eigenvalue weighted by atomic mass is 32.2. The fraction of sp³-hybridized carbons (Fsp3) is 0.400. The standard InChI is InChI=1S/C25H29NO4S/c1-16(27)23(26-12-6-5-7-13-26)17-8-10-20-19(14-17)25(31-4)24(30-20)18-9-11-21(28-2)22(15-18)29-3/h8-11,14-15,23H,5-7,12-13H2,1-4H3. The van der Waals surface area contributed by atoms with Gasteiger partial charge in [0.15, 0.2) is 17.3 Å². The van der Waals surface area contributed by atoms with Crippen molar-refractivity contribution in [2.75, 3.05) is 33.6 Å². The first-order valence-corrected chi connectivity index (χ1v) is 11.9. The van der Waals surface area contributed by atoms with E-state index >= 15 is 0 Å². The van der Waals surface area contributed by atoms with Crippen LogP contribution in [0.25, 0.3) is 22.3 Å². The normalized spacial score (nSPS) is 15.7. The Balaban J connectivity index is 1.79. The van der Waals surface area contributed by atoms with Gasteiger partial charge in [0.2, 0.25) is 0 Å². The number of thioether (sulfide) groups is 1. The number of nitrogens with zero attached hydrogens (tertiary/aromatic N) is 1. The number of benzene rings is 2. The van der Waals surface area contributed by atoms with Crippen molar-refractivity contribution in [1.29, 1.82) is 0 Å². The molecule has 2 aromatic carbocycles. The van der Waals surface area contributed by atoms with E-state index in [4.69, 9.17) is 13.9 Å². The van der Waals surface area contributed by atoms with Crippen LogP contribution in [0.2, 0.25) is 0 Å². The number of carbonyl (C=O) groups excluding carboxylic acids is 1. The van der Waals surface area contributed by atoms with Crippen molar-refractivity contribution < 1.29 is 18.7 Å². The summed E-state index contributed by atoms with van der Waals surface area (Å²) >= 11 is 1.65. The molecule has 1 aromatic heterocycles. The molecule has 6 heteroatoms. The van der Waals surface area contributed by atoms with E-state index in [9.17, 15) is 4.79 Å². The van der Waals surface area contributed by atoms with Gasteiger partial charge in [0.05, 0.1) is 25.2 Å². The third-order valence-corrected chi connectivity index (χ3v) is 6.79. The van der Waals surface area contributed by atoms with Gasteiger partial charge in [0.25, 0.3) is 0 Å². The Kier molecular flexibility index (Phi) is 6.58. The summed E-state index contributed by atoms with van der Waals surface area (Å²) < 4.78 is 17.1. The van der Waals surface area contributed by atoms with Gasteiger partial charge in [-0.15, -0.1) is 11.8 Å². The number of furan rings is 1. The fourth-order valence-corrected chi connectivity index (χ4v) is 5.24. The zero-order chi connectivity index (χ0) is 22.0. The molecule has 1 atom stereocenters. The van der Waals surface area contributed by atoms with Gasteiger partial charge in [-0.1, -0.05) is 12.5 Å². The molecular weight excluding hydrogens is 410 g/mol. The molecule has 1 fully saturated rings. The molecule has 0 saturated carbocycles. The molecule has 0 bridgehead atoms. The molecule has 0 aliphatic carbocycles. The van der Waals surface area contributed by atoms with E-state index in [0.29, 0.717) is 11.5 Å². The number of carbonyl (C=O) groups is 1. The first-order chi connectivity index (χ1) is 15.1. The van der Waals surface area contributed by atoms with E-state index < -0.39 is 0 Å². The van der Waals surface area contributed by atoms with Crippen molar-refractivity contribution in [3.63, 3.8) is 0 Å². The van der Waals surface area contributed by atoms with Gasteiger partial charge in [-0.05, 0) is 75.0 Å². The van der Waals surface area contributed by atoms with Crippen LogP contribution in [0.1, 0.15) is 37.8 Å². The molecule has 0 spiro atoms. The van der Waals surface area contributed by atoms with Crippen LogP contribution in [0.3, 0.4) is 0 Å². The largest absolute Gasteiger partial charge is 0.493 e. The van der Waals surface area contributed by atoms with Crippen molar-refractivity contribution in [3.8, 4) is 22.8 Å². The van der Waals surface area contributed by atoms with Gasteiger partial charge < -0.3 is 13.9 Å². The van der Waals surface area contributed by atoms with E-state index in [0.717, 1.165) is 58.7 Å². The summed E-state index contributed by atoms with van der Waals surface area (Å²) in [4.78, 5) is 16.0. The van der Waals surface area contributed by atoms with Gasteiger partial charge in [-0.2, -0.15) is 0 Å². The fourth-order valence-electron chi connectivity index (χ4n) is 4.51. The summed E-state index contributed by atoms with van der Waals surface area (Å²) in [6, 6.07) is 11.8. The molecule has 2 heterocycles. The molecule has 1 saturated heterocycles. The van der Waals surface area contributed by atoms with Crippen molar-refractivity contribution >= 4 is 28.5 Å². The summed E-state index contributed by atoms with van der Waals surface area (Å²) in [7, 11) is 3.26. The average molecular weight is 440 g/mol. The number of rotatable bonds is 7. The smallest absolute Gasteiger partial charge is 0.161 e. The van der Waals surface area contributed by atoms with Gasteiger partial charge in [-0.25, -0.2) is 0 Å². The molecular formula is C25H29NO4S. The summed E-state index contributed by atoms with van der Waals surface area (Å²) in [5.41, 5.74) is 2.79. The molecule has 1 aliphatic rings. The lowest BCUT2D eigenvalue weighted by Gasteiger charge is -2.33. The van der Waals surface area contributed by atoms with Crippen LogP contribution >= 0.6 is 11.8 Å². The zero-order valence-electron chi connectivity index (χ0n) is 18.6. The van der Waals surface area contributed by atoms with Crippen LogP contribution < -0.4 is 9.47 Å². The summed E-state index contributed by atoms with van der Waals surface area (Å²) in [6.07, 6.45) is 5.59. The Morgan fingerprint density at radius 2 is 1.77 bits per heavy atom. The van der Waals surface area contributed by atoms with Gasteiger partial charge in [0.1, 0.15) is 11.3 Å². The van der Waals surface area contributed by atoms with Crippen LogP contribution in [0.15, 0.2) is 45.7 Å². The number of hydrogen-bond donors (Lipinski definition) is 0. The number of likely N-dealkylation sites (tertiary alicyclic amines) is 1. The Morgan fingerprint density at radius 1 is 1.03 bits per heavy atom. The number of ketones is 1. The first-order valence-electron chi connectivity index (χ1n) is 10.6. The molecule has 5 nitrogen and oxygen atoms in total. The second kappa shape index (κ2) is 9.37. The number of fused-ring (bicyclic) bond motifs is 1. The molecule has 4 rings (SSSR count). The predicted octanol–water partition coefficient (Wildman–Crippen LogP) is 5.95. The minimum atomic E-state index is -0.196. The van der Waals surface area contributed by atoms with Crippen molar-refractivity contribution in [3.05, 3.63) is 42.0 Å². The van der Waals surface area contributed by atoms with Gasteiger partial charge >= 0.3 is 0 Å². The Morgan fingerprint density at radius 3 is 2.42 bits per heavy atom. The van der Waals surface area contributed by atoms with Crippen LogP contribution in [-0.2, 0) is 4.79 Å². The van der Waals surface area contributed by atoms with Crippen molar-refractivity contribution in [2.24, 2.45) is 0 Å². The van der Waals surface area contributed by atoms with Crippen molar-refractivity contribution in [1.82, 2.24) is 4.90 Å². The highest BCUT2D eigenvalue weighted by molar-refractivity contribution is 7.99. The SMILES string of the molecule is COc1ccc(-c2oc3ccc(C(C(C)=O)N4CCCCC4)cc3c2SC)cc1OC. The van der Waals surface area contributed by atoms with E-state index in [2.05, 4.69) is 11.0 Å². The molecule has 3 aromatic rings. The van der Waals surface area contributed by atoms with Gasteiger partial charge in [0, 0.05) is 10.9 Å². The summed E-state index contributed by atoms with van der Waals surface area (Å²) in [6.45, 7) is 3.64. The number of Topliss-reactive ketones (excluding diaryl/α,β-unsaturated/α-hetero) is 1. The molecule has 0 amide bonds. The van der Waals surface area contributed by atoms with Crippen LogP contribution in [0.5, 0.6) is 11.5 Å². The maximum Gasteiger partial charge on any atom is 0.161 e. The number of piperidine rings is 1. The summed E-state index contributed by atoms with van der Waals surface area (Å²) in [5, 5.41) is 1.04. The highest BCUT2D eigenvalue weighted by Gasteiger charge is 2.27. The maximum atomic E-state index is 12.6. The van der Waals surface area contributed by atoms with E-state index in [1.807, 2.05) is 36.6 Å². The second-order valence-electron chi connectivity index (χ2n) is 7.90. The molecule has 1 unspecified atom stereocenters. The molecule has 164 valence electrons. The Hall–Kier alpha value is -2.44. The predicted molar refractivity (Wildman–Crippen MR) is 125 cm³/mol. The zero-order valence-corrected chi connectivity index (χ0v) is 19.4. The van der Waals surface area contributed by atoms with Crippen LogP contribution in [0, 0.1) is 0 Å². The maximum absolute atomic E-state index is 12.6. The third kappa shape index (κ3) is 4.19. The quantitative estimate of drug-likeness (QED) is 0.424. The second-order valence-corrected chi connectivity index (χ2v) is 8.72. The molecule has 0 radical (unpaired) electrons. The van der Waals surface area contributed by atoms with Crippen LogP contribution in [-0.4, -0.2) is 44.2 Å². The number of hydrogen-bond acceptors (Lipinski definition) is 6. The Labute approximate surface area is 187 Å². The average Bonchev–Trinajstić information content (AvgIpc) is 3.17. The first kappa shape index (κ1) is 21.8. The summed E-state index contributed by atoms with van der Waals surface area (Å²) in [5.74, 6) is 2.34. The lowest BCUT2D eigenvalue weighted by atomic mass is 9.97. The van der Waals surface area contributed by atoms with Gasteiger partial charge in [-0.3, -0.25) is 9.69 Å². The third-order valence-electron chi connectivity index (χ3n) is 5.97. The minimum absolute atomic E-state index is 0.190. The monoisotopic (exact) mass is 439 g/mol.